The third-order valence-electron chi connectivity index (χ3n) is 4.44. The number of carbonyl (C=O) groups is 1. The minimum atomic E-state index is -1.09. The van der Waals surface area contributed by atoms with Gasteiger partial charge in [0, 0.05) is 24.4 Å². The molecule has 3 aromatic rings. The lowest BCUT2D eigenvalue weighted by atomic mass is 10.1. The lowest BCUT2D eigenvalue weighted by Crippen LogP contribution is -2.36. The van der Waals surface area contributed by atoms with Gasteiger partial charge in [0.2, 0.25) is 0 Å². The van der Waals surface area contributed by atoms with Gasteiger partial charge in [-0.15, -0.1) is 0 Å². The predicted molar refractivity (Wildman–Crippen MR) is 107 cm³/mol. The number of aromatic hydroxyl groups is 1. The van der Waals surface area contributed by atoms with Crippen molar-refractivity contribution in [3.8, 4) is 5.75 Å². The maximum atomic E-state index is 13.8. The number of esters is 1. The molecule has 1 atom stereocenters. The van der Waals surface area contributed by atoms with E-state index >= 15 is 0 Å². The zero-order chi connectivity index (χ0) is 22.0. The molecule has 8 nitrogen and oxygen atoms in total. The minimum Gasteiger partial charge on any atom is -0.505 e. The average molecular weight is 485 g/mol. The van der Waals surface area contributed by atoms with E-state index in [1.807, 2.05) is 0 Å². The van der Waals surface area contributed by atoms with Gasteiger partial charge in [-0.25, -0.2) is 23.1 Å². The Bertz CT molecular complexity index is 1090. The monoisotopic (exact) mass is 484 g/mol. The lowest BCUT2D eigenvalue weighted by molar-refractivity contribution is 0.0528. The number of ether oxygens (including phenoxy) is 1. The lowest BCUT2D eigenvalue weighted by Gasteiger charge is -2.30. The molecule has 0 amide bonds. The number of phenolic OH excluding ortho intramolecular Hbond substituents is 1. The number of hydrogen-bond donors (Lipinski definition) is 2. The van der Waals surface area contributed by atoms with Crippen LogP contribution >= 0.6 is 15.9 Å². The average Bonchev–Trinajstić information content (AvgIpc) is 3.11. The standard InChI is InChI=1S/C19H19BrF2N4O4/c1-3-30-19(29)13-6-23-26-8-14(20)18(24-17(13)26)25(10(2)9-27)7-11-4-12(21)5-15(22)16(11)28/h4-6,8,10,27-28H,3,7,9H2,1-2H3/t10-/m1/s1. The summed E-state index contributed by atoms with van der Waals surface area (Å²) in [6, 6.07) is 1.04. The summed E-state index contributed by atoms with van der Waals surface area (Å²) in [5, 5.41) is 23.8. The van der Waals surface area contributed by atoms with Crippen molar-refractivity contribution in [2.75, 3.05) is 18.1 Å². The number of hydrogen-bond acceptors (Lipinski definition) is 7. The van der Waals surface area contributed by atoms with E-state index in [9.17, 15) is 23.8 Å². The number of phenols is 1. The van der Waals surface area contributed by atoms with E-state index in [1.165, 1.54) is 10.7 Å². The molecule has 2 N–H and O–H groups in total. The van der Waals surface area contributed by atoms with E-state index in [2.05, 4.69) is 26.0 Å². The summed E-state index contributed by atoms with van der Waals surface area (Å²) in [4.78, 5) is 18.2. The fraction of sp³-hybridized carbons (Fsp3) is 0.316. The van der Waals surface area contributed by atoms with E-state index in [4.69, 9.17) is 4.74 Å². The molecule has 3 rings (SSSR count). The Morgan fingerprint density at radius 2 is 2.13 bits per heavy atom. The Kier molecular flexibility index (Phi) is 6.52. The molecule has 11 heteroatoms. The molecule has 0 saturated heterocycles. The number of aliphatic hydroxyl groups excluding tert-OH is 1. The van der Waals surface area contributed by atoms with Crippen molar-refractivity contribution >= 4 is 33.4 Å². The highest BCUT2D eigenvalue weighted by Gasteiger charge is 2.24. The molecular weight excluding hydrogens is 466 g/mol. The molecule has 160 valence electrons. The Balaban J connectivity index is 2.11. The third-order valence-corrected chi connectivity index (χ3v) is 5.00. The summed E-state index contributed by atoms with van der Waals surface area (Å²) in [6.45, 7) is 3.06. The van der Waals surface area contributed by atoms with Crippen LogP contribution in [0.3, 0.4) is 0 Å². The molecule has 0 unspecified atom stereocenters. The summed E-state index contributed by atoms with van der Waals surface area (Å²) in [7, 11) is 0. The van der Waals surface area contributed by atoms with Gasteiger partial charge < -0.3 is 19.8 Å². The second-order valence-electron chi connectivity index (χ2n) is 6.51. The molecule has 0 aliphatic carbocycles. The SMILES string of the molecule is CCOC(=O)c1cnn2cc(Br)c(N(Cc3cc(F)cc(F)c3O)[C@H](C)CO)nc12. The van der Waals surface area contributed by atoms with Gasteiger partial charge in [0.25, 0.3) is 0 Å². The van der Waals surface area contributed by atoms with Crippen LogP contribution < -0.4 is 4.90 Å². The summed E-state index contributed by atoms with van der Waals surface area (Å²) >= 11 is 3.38. The second kappa shape index (κ2) is 8.92. The van der Waals surface area contributed by atoms with Crippen molar-refractivity contribution in [3.63, 3.8) is 0 Å². The first kappa shape index (κ1) is 21.9. The quantitative estimate of drug-likeness (QED) is 0.497. The number of carbonyl (C=O) groups excluding carboxylic acids is 1. The van der Waals surface area contributed by atoms with Crippen molar-refractivity contribution in [3.05, 3.63) is 51.8 Å². The highest BCUT2D eigenvalue weighted by atomic mass is 79.9. The van der Waals surface area contributed by atoms with Gasteiger partial charge in [0.05, 0.1) is 29.9 Å². The number of aliphatic hydroxyl groups is 1. The molecule has 0 bridgehead atoms. The number of anilines is 1. The van der Waals surface area contributed by atoms with Crippen LogP contribution in [0.15, 0.2) is 29.0 Å². The molecule has 0 spiro atoms. The van der Waals surface area contributed by atoms with Crippen LogP contribution in [0.4, 0.5) is 14.6 Å². The molecular formula is C19H19BrF2N4O4. The van der Waals surface area contributed by atoms with E-state index in [0.717, 1.165) is 6.07 Å². The van der Waals surface area contributed by atoms with Crippen molar-refractivity contribution < 1.29 is 28.5 Å². The van der Waals surface area contributed by atoms with E-state index in [-0.39, 0.29) is 42.4 Å². The molecule has 0 fully saturated rings. The zero-order valence-corrected chi connectivity index (χ0v) is 17.7. The van der Waals surface area contributed by atoms with E-state index in [1.54, 1.807) is 24.9 Å². The Hall–Kier alpha value is -2.79. The van der Waals surface area contributed by atoms with Gasteiger partial charge in [0.15, 0.2) is 17.2 Å². The Morgan fingerprint density at radius 1 is 1.40 bits per heavy atom. The number of rotatable bonds is 7. The fourth-order valence-electron chi connectivity index (χ4n) is 2.90. The fourth-order valence-corrected chi connectivity index (χ4v) is 3.41. The summed E-state index contributed by atoms with van der Waals surface area (Å²) in [5.41, 5.74) is 0.318. The normalized spacial score (nSPS) is 12.2. The first-order chi connectivity index (χ1) is 14.3. The molecule has 0 aliphatic heterocycles. The van der Waals surface area contributed by atoms with Crippen LogP contribution in [0.25, 0.3) is 5.65 Å². The zero-order valence-electron chi connectivity index (χ0n) is 16.1. The highest BCUT2D eigenvalue weighted by Crippen LogP contribution is 2.31. The molecule has 2 aromatic heterocycles. The number of benzene rings is 1. The van der Waals surface area contributed by atoms with E-state index < -0.39 is 29.4 Å². The number of aromatic nitrogens is 3. The molecule has 1 aromatic carbocycles. The summed E-state index contributed by atoms with van der Waals surface area (Å²) < 4.78 is 34.3. The Labute approximate surface area is 178 Å². The molecule has 0 saturated carbocycles. The van der Waals surface area contributed by atoms with Crippen LogP contribution in [-0.4, -0.2) is 50.0 Å². The van der Waals surface area contributed by atoms with Gasteiger partial charge in [-0.3, -0.25) is 0 Å². The van der Waals surface area contributed by atoms with Gasteiger partial charge in [-0.2, -0.15) is 5.10 Å². The van der Waals surface area contributed by atoms with Crippen LogP contribution in [0, 0.1) is 11.6 Å². The van der Waals surface area contributed by atoms with Gasteiger partial charge in [-0.1, -0.05) is 0 Å². The van der Waals surface area contributed by atoms with Crippen LogP contribution in [0.2, 0.25) is 0 Å². The molecule has 30 heavy (non-hydrogen) atoms. The minimum absolute atomic E-state index is 0.0273. The number of halogens is 3. The van der Waals surface area contributed by atoms with Crippen LogP contribution in [0.1, 0.15) is 29.8 Å². The van der Waals surface area contributed by atoms with Crippen molar-refractivity contribution in [2.24, 2.45) is 0 Å². The van der Waals surface area contributed by atoms with E-state index in [0.29, 0.717) is 10.5 Å². The largest absolute Gasteiger partial charge is 0.505 e. The third kappa shape index (κ3) is 4.21. The topological polar surface area (TPSA) is 100 Å². The predicted octanol–water partition coefficient (Wildman–Crippen LogP) is 3.04. The van der Waals surface area contributed by atoms with Crippen LogP contribution in [-0.2, 0) is 11.3 Å². The number of nitrogens with zero attached hydrogens (tertiary/aromatic N) is 4. The maximum Gasteiger partial charge on any atom is 0.343 e. The van der Waals surface area contributed by atoms with Gasteiger partial charge in [0.1, 0.15) is 17.2 Å². The summed E-state index contributed by atoms with van der Waals surface area (Å²) in [5.74, 6) is -2.96. The van der Waals surface area contributed by atoms with Crippen molar-refractivity contribution in [2.45, 2.75) is 26.4 Å². The maximum absolute atomic E-state index is 13.8. The molecule has 0 aliphatic rings. The smallest absolute Gasteiger partial charge is 0.343 e. The van der Waals surface area contributed by atoms with Gasteiger partial charge in [-0.05, 0) is 35.8 Å². The van der Waals surface area contributed by atoms with Crippen LogP contribution in [0.5, 0.6) is 5.75 Å². The highest BCUT2D eigenvalue weighted by molar-refractivity contribution is 9.10. The van der Waals surface area contributed by atoms with Crippen molar-refractivity contribution in [1.29, 1.82) is 0 Å². The van der Waals surface area contributed by atoms with Crippen molar-refractivity contribution in [1.82, 2.24) is 14.6 Å². The first-order valence-corrected chi connectivity index (χ1v) is 9.81. The molecule has 0 radical (unpaired) electrons. The first-order valence-electron chi connectivity index (χ1n) is 9.02. The Morgan fingerprint density at radius 3 is 2.80 bits per heavy atom. The number of fused-ring (bicyclic) bond motifs is 1. The second-order valence-corrected chi connectivity index (χ2v) is 7.37. The summed E-state index contributed by atoms with van der Waals surface area (Å²) in [6.07, 6.45) is 2.88. The molecule has 2 heterocycles. The van der Waals surface area contributed by atoms with Gasteiger partial charge >= 0.3 is 5.97 Å².